The molecule has 3 aromatic rings. The Labute approximate surface area is 165 Å². The van der Waals surface area contributed by atoms with Gasteiger partial charge in [0.2, 0.25) is 10.8 Å². The fraction of sp³-hybridized carbons (Fsp3) is 0.474. The van der Waals surface area contributed by atoms with Crippen molar-refractivity contribution in [2.45, 2.75) is 39.2 Å². The van der Waals surface area contributed by atoms with E-state index in [2.05, 4.69) is 62.1 Å². The molecule has 0 bridgehead atoms. The lowest BCUT2D eigenvalue weighted by atomic mass is 9.95. The van der Waals surface area contributed by atoms with E-state index in [9.17, 15) is 5.11 Å². The van der Waals surface area contributed by atoms with Gasteiger partial charge in [-0.05, 0) is 43.0 Å². The number of benzene rings is 1. The van der Waals surface area contributed by atoms with Gasteiger partial charge in [0.05, 0.1) is 10.9 Å². The standard InChI is InChI=1S/C19H23BrN4OS/c1-3-15-21-19-24(22-15)18(25)17(26-19)16(13-6-8-14(20)9-7-13)23-10-4-5-12(2)11-23/h6-9,12,16,25H,3-5,10-11H2,1-2H3. The Hall–Kier alpha value is -1.44. The monoisotopic (exact) mass is 434 g/mol. The number of fused-ring (bicyclic) bond motifs is 1. The highest BCUT2D eigenvalue weighted by Crippen LogP contribution is 2.41. The van der Waals surface area contributed by atoms with E-state index in [1.165, 1.54) is 18.4 Å². The molecule has 1 aliphatic heterocycles. The number of halogens is 1. The van der Waals surface area contributed by atoms with Crippen molar-refractivity contribution in [1.29, 1.82) is 0 Å². The second-order valence-corrected chi connectivity index (χ2v) is 8.99. The lowest BCUT2D eigenvalue weighted by Crippen LogP contribution is -2.37. The van der Waals surface area contributed by atoms with Crippen LogP contribution in [0.15, 0.2) is 28.7 Å². The number of rotatable bonds is 4. The Kier molecular flexibility index (Phi) is 5.03. The summed E-state index contributed by atoms with van der Waals surface area (Å²) in [5, 5.41) is 15.4. The van der Waals surface area contributed by atoms with Gasteiger partial charge in [0.1, 0.15) is 0 Å². The summed E-state index contributed by atoms with van der Waals surface area (Å²) in [5.41, 5.74) is 1.19. The summed E-state index contributed by atoms with van der Waals surface area (Å²) < 4.78 is 2.66. The third kappa shape index (κ3) is 3.28. The van der Waals surface area contributed by atoms with E-state index < -0.39 is 0 Å². The van der Waals surface area contributed by atoms with Crippen molar-refractivity contribution >= 4 is 32.2 Å². The normalized spacial score (nSPS) is 19.9. The number of hydrogen-bond acceptors (Lipinski definition) is 5. The van der Waals surface area contributed by atoms with Gasteiger partial charge in [-0.2, -0.15) is 4.52 Å². The molecule has 1 N–H and O–H groups in total. The van der Waals surface area contributed by atoms with Gasteiger partial charge in [0.15, 0.2) is 5.82 Å². The van der Waals surface area contributed by atoms with Crippen molar-refractivity contribution in [3.8, 4) is 5.88 Å². The Morgan fingerprint density at radius 1 is 1.35 bits per heavy atom. The Bertz CT molecular complexity index is 904. The van der Waals surface area contributed by atoms with Crippen molar-refractivity contribution in [2.24, 2.45) is 5.92 Å². The zero-order chi connectivity index (χ0) is 18.3. The molecule has 1 fully saturated rings. The van der Waals surface area contributed by atoms with Gasteiger partial charge in [0.25, 0.3) is 0 Å². The minimum atomic E-state index is 0.0319. The van der Waals surface area contributed by atoms with E-state index >= 15 is 0 Å². The van der Waals surface area contributed by atoms with Crippen LogP contribution in [0.1, 0.15) is 49.0 Å². The van der Waals surface area contributed by atoms with Crippen LogP contribution in [0.4, 0.5) is 0 Å². The molecule has 7 heteroatoms. The molecule has 4 rings (SSSR count). The van der Waals surface area contributed by atoms with Gasteiger partial charge in [0, 0.05) is 17.4 Å². The van der Waals surface area contributed by atoms with E-state index in [1.54, 1.807) is 15.9 Å². The van der Waals surface area contributed by atoms with Gasteiger partial charge < -0.3 is 5.11 Å². The van der Waals surface area contributed by atoms with Gasteiger partial charge in [-0.3, -0.25) is 4.90 Å². The predicted octanol–water partition coefficient (Wildman–Crippen LogP) is 4.64. The highest BCUT2D eigenvalue weighted by molar-refractivity contribution is 9.10. The fourth-order valence-electron chi connectivity index (χ4n) is 3.75. The number of aromatic hydroxyl groups is 1. The van der Waals surface area contributed by atoms with E-state index in [-0.39, 0.29) is 11.9 Å². The molecule has 2 atom stereocenters. The highest BCUT2D eigenvalue weighted by Gasteiger charge is 2.31. The van der Waals surface area contributed by atoms with Crippen LogP contribution in [-0.2, 0) is 6.42 Å². The van der Waals surface area contributed by atoms with E-state index in [1.807, 2.05) is 6.92 Å². The van der Waals surface area contributed by atoms with Crippen molar-refractivity contribution in [2.75, 3.05) is 13.1 Å². The first kappa shape index (κ1) is 17.9. The zero-order valence-corrected chi connectivity index (χ0v) is 17.4. The summed E-state index contributed by atoms with van der Waals surface area (Å²) in [5.74, 6) is 1.66. The Morgan fingerprint density at radius 3 is 2.77 bits per heavy atom. The minimum Gasteiger partial charge on any atom is -0.492 e. The van der Waals surface area contributed by atoms with Crippen LogP contribution >= 0.6 is 27.3 Å². The van der Waals surface area contributed by atoms with E-state index in [4.69, 9.17) is 0 Å². The van der Waals surface area contributed by atoms with Crippen molar-refractivity contribution in [3.05, 3.63) is 45.0 Å². The molecule has 26 heavy (non-hydrogen) atoms. The minimum absolute atomic E-state index is 0.0319. The van der Waals surface area contributed by atoms with Crippen LogP contribution in [0.25, 0.3) is 4.96 Å². The molecule has 0 saturated carbocycles. The molecule has 0 spiro atoms. The van der Waals surface area contributed by atoms with Gasteiger partial charge in [-0.25, -0.2) is 4.98 Å². The number of hydrogen-bond donors (Lipinski definition) is 1. The van der Waals surface area contributed by atoms with E-state index in [0.29, 0.717) is 5.92 Å². The maximum Gasteiger partial charge on any atom is 0.230 e. The third-order valence-electron chi connectivity index (χ3n) is 5.05. The number of thiazole rings is 1. The fourth-order valence-corrected chi connectivity index (χ4v) is 5.15. The SMILES string of the molecule is CCc1nc2sc(C(c3ccc(Br)cc3)N3CCCC(C)C3)c(O)n2n1. The molecular formula is C19H23BrN4OS. The average molecular weight is 435 g/mol. The highest BCUT2D eigenvalue weighted by atomic mass is 79.9. The quantitative estimate of drug-likeness (QED) is 0.649. The zero-order valence-electron chi connectivity index (χ0n) is 15.0. The molecule has 1 aliphatic rings. The number of aryl methyl sites for hydroxylation is 1. The molecule has 2 unspecified atom stereocenters. The van der Waals surface area contributed by atoms with Gasteiger partial charge in [-0.15, -0.1) is 5.10 Å². The first-order valence-electron chi connectivity index (χ1n) is 9.13. The van der Waals surface area contributed by atoms with Gasteiger partial charge >= 0.3 is 0 Å². The summed E-state index contributed by atoms with van der Waals surface area (Å²) in [6, 6.07) is 8.45. The second kappa shape index (κ2) is 7.29. The van der Waals surface area contributed by atoms with Crippen molar-refractivity contribution in [1.82, 2.24) is 19.5 Å². The van der Waals surface area contributed by atoms with Crippen molar-refractivity contribution in [3.63, 3.8) is 0 Å². The summed E-state index contributed by atoms with van der Waals surface area (Å²) in [6.45, 7) is 6.41. The van der Waals surface area contributed by atoms with Crippen LogP contribution in [-0.4, -0.2) is 37.7 Å². The number of piperidine rings is 1. The molecule has 0 amide bonds. The molecular weight excluding hydrogens is 412 g/mol. The van der Waals surface area contributed by atoms with Crippen LogP contribution in [0.2, 0.25) is 0 Å². The Morgan fingerprint density at radius 2 is 2.12 bits per heavy atom. The summed E-state index contributed by atoms with van der Waals surface area (Å²) >= 11 is 5.07. The van der Waals surface area contributed by atoms with E-state index in [0.717, 1.165) is 39.6 Å². The summed E-state index contributed by atoms with van der Waals surface area (Å²) in [4.78, 5) is 8.73. The largest absolute Gasteiger partial charge is 0.492 e. The molecule has 1 aromatic carbocycles. The van der Waals surface area contributed by atoms with Crippen LogP contribution < -0.4 is 0 Å². The maximum absolute atomic E-state index is 10.9. The second-order valence-electron chi connectivity index (χ2n) is 7.06. The molecule has 3 heterocycles. The summed E-state index contributed by atoms with van der Waals surface area (Å²) in [7, 11) is 0. The maximum atomic E-state index is 10.9. The topological polar surface area (TPSA) is 53.7 Å². The predicted molar refractivity (Wildman–Crippen MR) is 108 cm³/mol. The van der Waals surface area contributed by atoms with Crippen LogP contribution in [0.3, 0.4) is 0 Å². The Balaban J connectivity index is 1.80. The molecule has 5 nitrogen and oxygen atoms in total. The first-order chi connectivity index (χ1) is 12.6. The first-order valence-corrected chi connectivity index (χ1v) is 10.7. The molecule has 138 valence electrons. The molecule has 2 aromatic heterocycles. The number of likely N-dealkylation sites (tertiary alicyclic amines) is 1. The van der Waals surface area contributed by atoms with Gasteiger partial charge in [-0.1, -0.05) is 53.2 Å². The smallest absolute Gasteiger partial charge is 0.230 e. The molecule has 0 radical (unpaired) electrons. The number of nitrogens with zero attached hydrogens (tertiary/aromatic N) is 4. The molecule has 1 saturated heterocycles. The third-order valence-corrected chi connectivity index (χ3v) is 6.65. The van der Waals surface area contributed by atoms with Crippen molar-refractivity contribution < 1.29 is 5.11 Å². The number of aromatic nitrogens is 3. The van der Waals surface area contributed by atoms with Crippen LogP contribution in [0, 0.1) is 5.92 Å². The van der Waals surface area contributed by atoms with Crippen LogP contribution in [0.5, 0.6) is 5.88 Å². The molecule has 0 aliphatic carbocycles. The average Bonchev–Trinajstić information content (AvgIpc) is 3.17. The lowest BCUT2D eigenvalue weighted by Gasteiger charge is -2.37. The lowest BCUT2D eigenvalue weighted by molar-refractivity contribution is 0.149. The summed E-state index contributed by atoms with van der Waals surface area (Å²) in [6.07, 6.45) is 3.23.